The van der Waals surface area contributed by atoms with Gasteiger partial charge in [-0.05, 0) is 38.7 Å². The van der Waals surface area contributed by atoms with Gasteiger partial charge in [0.2, 0.25) is 5.91 Å². The van der Waals surface area contributed by atoms with E-state index >= 15 is 0 Å². The molecule has 1 saturated heterocycles. The molecule has 2 fully saturated rings. The molecule has 2 aliphatic rings. The van der Waals surface area contributed by atoms with Crippen molar-refractivity contribution in [3.05, 3.63) is 16.3 Å². The van der Waals surface area contributed by atoms with E-state index in [4.69, 9.17) is 4.74 Å². The lowest BCUT2D eigenvalue weighted by molar-refractivity contribution is -0.134. The number of carbonyl (C=O) groups excluding carboxylic acids is 2. The largest absolute Gasteiger partial charge is 0.465 e. The molecule has 3 heterocycles. The van der Waals surface area contributed by atoms with Crippen LogP contribution in [0.4, 0.5) is 5.82 Å². The first-order chi connectivity index (χ1) is 13.5. The van der Waals surface area contributed by atoms with Crippen LogP contribution in [0.2, 0.25) is 0 Å². The van der Waals surface area contributed by atoms with E-state index in [-0.39, 0.29) is 17.9 Å². The second-order valence-electron chi connectivity index (χ2n) is 7.74. The lowest BCUT2D eigenvalue weighted by Crippen LogP contribution is -2.35. The van der Waals surface area contributed by atoms with E-state index in [1.165, 1.54) is 31.3 Å². The molecule has 1 atom stereocenters. The van der Waals surface area contributed by atoms with Gasteiger partial charge in [-0.1, -0.05) is 12.8 Å². The molecule has 1 aliphatic heterocycles. The van der Waals surface area contributed by atoms with Gasteiger partial charge in [-0.2, -0.15) is 0 Å². The highest BCUT2D eigenvalue weighted by Gasteiger charge is 2.33. The Kier molecular flexibility index (Phi) is 5.23. The first-order valence-electron chi connectivity index (χ1n) is 9.89. The number of carbonyl (C=O) groups is 2. The number of anilines is 1. The van der Waals surface area contributed by atoms with Crippen LogP contribution in [0, 0.1) is 19.8 Å². The summed E-state index contributed by atoms with van der Waals surface area (Å²) in [7, 11) is 1.39. The number of fused-ring (bicyclic) bond motifs is 1. The third kappa shape index (κ3) is 3.45. The van der Waals surface area contributed by atoms with Crippen LogP contribution in [-0.4, -0.2) is 53.0 Å². The fourth-order valence-corrected chi connectivity index (χ4v) is 5.48. The summed E-state index contributed by atoms with van der Waals surface area (Å²) >= 11 is 1.33. The standard InChI is InChI=1S/C20H26N4O3S/c1-11-15-17(21-12(2)22-18(15)28-16(11)20(26)27-3)23-14-8-9-24(10-14)19(25)13-6-4-5-7-13/h13-14H,4-10H2,1-3H3,(H,21,22,23). The SMILES string of the molecule is COC(=O)c1sc2nc(C)nc(NC3CCN(C(=O)C4CCCC4)C3)c2c1C. The van der Waals surface area contributed by atoms with E-state index in [0.717, 1.165) is 47.4 Å². The maximum absolute atomic E-state index is 12.7. The van der Waals surface area contributed by atoms with Gasteiger partial charge in [0.05, 0.1) is 12.5 Å². The minimum absolute atomic E-state index is 0.156. The number of ether oxygens (including phenoxy) is 1. The van der Waals surface area contributed by atoms with Crippen molar-refractivity contribution in [2.75, 3.05) is 25.5 Å². The van der Waals surface area contributed by atoms with Gasteiger partial charge in [-0.3, -0.25) is 4.79 Å². The van der Waals surface area contributed by atoms with Gasteiger partial charge in [0.15, 0.2) is 0 Å². The summed E-state index contributed by atoms with van der Waals surface area (Å²) in [5.74, 6) is 1.58. The van der Waals surface area contributed by atoms with Crippen LogP contribution in [-0.2, 0) is 9.53 Å². The van der Waals surface area contributed by atoms with Crippen LogP contribution in [0.1, 0.15) is 53.2 Å². The second-order valence-corrected chi connectivity index (χ2v) is 8.74. The lowest BCUT2D eigenvalue weighted by atomic mass is 10.1. The van der Waals surface area contributed by atoms with Crippen molar-refractivity contribution >= 4 is 39.2 Å². The molecule has 150 valence electrons. The van der Waals surface area contributed by atoms with Crippen LogP contribution < -0.4 is 5.32 Å². The second kappa shape index (κ2) is 7.66. The summed E-state index contributed by atoms with van der Waals surface area (Å²) in [6.07, 6.45) is 5.30. The third-order valence-electron chi connectivity index (χ3n) is 5.82. The molecule has 0 spiro atoms. The number of rotatable bonds is 4. The van der Waals surface area contributed by atoms with E-state index in [9.17, 15) is 9.59 Å². The van der Waals surface area contributed by atoms with Crippen molar-refractivity contribution in [1.29, 1.82) is 0 Å². The smallest absolute Gasteiger partial charge is 0.348 e. The zero-order valence-corrected chi connectivity index (χ0v) is 17.4. The molecule has 1 saturated carbocycles. The van der Waals surface area contributed by atoms with E-state index in [0.29, 0.717) is 23.2 Å². The zero-order chi connectivity index (χ0) is 19.8. The molecular formula is C20H26N4O3S. The number of esters is 1. The van der Waals surface area contributed by atoms with Crippen LogP contribution in [0.25, 0.3) is 10.2 Å². The van der Waals surface area contributed by atoms with Gasteiger partial charge in [-0.25, -0.2) is 14.8 Å². The Morgan fingerprint density at radius 1 is 1.18 bits per heavy atom. The molecule has 2 aromatic heterocycles. The number of aryl methyl sites for hydroxylation is 2. The predicted octanol–water partition coefficient (Wildman–Crippen LogP) is 3.30. The van der Waals surface area contributed by atoms with Crippen molar-refractivity contribution in [2.45, 2.75) is 52.0 Å². The highest BCUT2D eigenvalue weighted by molar-refractivity contribution is 7.20. The van der Waals surface area contributed by atoms with Crippen LogP contribution in [0.15, 0.2) is 0 Å². The maximum Gasteiger partial charge on any atom is 0.348 e. The summed E-state index contributed by atoms with van der Waals surface area (Å²) in [5.41, 5.74) is 0.839. The molecule has 0 aromatic carbocycles. The normalized spacial score (nSPS) is 20.1. The van der Waals surface area contributed by atoms with E-state index < -0.39 is 0 Å². The van der Waals surface area contributed by atoms with Gasteiger partial charge in [0.1, 0.15) is 21.3 Å². The number of likely N-dealkylation sites (tertiary alicyclic amines) is 1. The summed E-state index contributed by atoms with van der Waals surface area (Å²) in [5, 5.41) is 4.39. The van der Waals surface area contributed by atoms with Crippen LogP contribution in [0.5, 0.6) is 0 Å². The summed E-state index contributed by atoms with van der Waals surface area (Å²) in [6, 6.07) is 0.156. The Hall–Kier alpha value is -2.22. The van der Waals surface area contributed by atoms with Gasteiger partial charge >= 0.3 is 5.97 Å². The molecule has 7 nitrogen and oxygen atoms in total. The number of aromatic nitrogens is 2. The van der Waals surface area contributed by atoms with Gasteiger partial charge in [0, 0.05) is 25.0 Å². The maximum atomic E-state index is 12.7. The van der Waals surface area contributed by atoms with E-state index in [2.05, 4.69) is 15.3 Å². The average molecular weight is 403 g/mol. The van der Waals surface area contributed by atoms with Gasteiger partial charge < -0.3 is 15.0 Å². The molecule has 8 heteroatoms. The van der Waals surface area contributed by atoms with Gasteiger partial charge in [0.25, 0.3) is 0 Å². The average Bonchev–Trinajstić information content (AvgIpc) is 3.41. The van der Waals surface area contributed by atoms with Crippen molar-refractivity contribution in [1.82, 2.24) is 14.9 Å². The monoisotopic (exact) mass is 402 g/mol. The summed E-state index contributed by atoms with van der Waals surface area (Å²) < 4.78 is 4.90. The number of nitrogens with one attached hydrogen (secondary N) is 1. The summed E-state index contributed by atoms with van der Waals surface area (Å²) in [6.45, 7) is 5.24. The van der Waals surface area contributed by atoms with Crippen molar-refractivity contribution in [2.24, 2.45) is 5.92 Å². The molecule has 1 aliphatic carbocycles. The minimum atomic E-state index is -0.349. The Labute approximate surface area is 168 Å². The molecule has 0 radical (unpaired) electrons. The molecule has 28 heavy (non-hydrogen) atoms. The van der Waals surface area contributed by atoms with Crippen molar-refractivity contribution < 1.29 is 14.3 Å². The molecule has 1 unspecified atom stereocenters. The first kappa shape index (κ1) is 19.1. The van der Waals surface area contributed by atoms with Crippen LogP contribution >= 0.6 is 11.3 Å². The number of nitrogens with zero attached hydrogens (tertiary/aromatic N) is 3. The molecule has 4 rings (SSSR count). The number of hydrogen-bond acceptors (Lipinski definition) is 7. The highest BCUT2D eigenvalue weighted by atomic mass is 32.1. The highest BCUT2D eigenvalue weighted by Crippen LogP contribution is 2.35. The molecular weight excluding hydrogens is 376 g/mol. The molecule has 0 bridgehead atoms. The van der Waals surface area contributed by atoms with Crippen LogP contribution in [0.3, 0.4) is 0 Å². The van der Waals surface area contributed by atoms with E-state index in [1.807, 2.05) is 18.7 Å². The third-order valence-corrected chi connectivity index (χ3v) is 6.98. The lowest BCUT2D eigenvalue weighted by Gasteiger charge is -2.21. The van der Waals surface area contributed by atoms with Gasteiger partial charge in [-0.15, -0.1) is 11.3 Å². The minimum Gasteiger partial charge on any atom is -0.465 e. The Morgan fingerprint density at radius 2 is 1.93 bits per heavy atom. The molecule has 2 aromatic rings. The number of hydrogen-bond donors (Lipinski definition) is 1. The fraction of sp³-hybridized carbons (Fsp3) is 0.600. The van der Waals surface area contributed by atoms with Crippen molar-refractivity contribution in [3.63, 3.8) is 0 Å². The predicted molar refractivity (Wildman–Crippen MR) is 109 cm³/mol. The Bertz CT molecular complexity index is 920. The first-order valence-corrected chi connectivity index (χ1v) is 10.7. The zero-order valence-electron chi connectivity index (χ0n) is 16.6. The van der Waals surface area contributed by atoms with Crippen molar-refractivity contribution in [3.8, 4) is 0 Å². The quantitative estimate of drug-likeness (QED) is 0.790. The molecule has 1 N–H and O–H groups in total. The Morgan fingerprint density at radius 3 is 2.64 bits per heavy atom. The number of amides is 1. The number of thiophene rings is 1. The summed E-state index contributed by atoms with van der Waals surface area (Å²) in [4.78, 5) is 37.2. The Balaban J connectivity index is 1.55. The topological polar surface area (TPSA) is 84.4 Å². The molecule has 1 amide bonds. The van der Waals surface area contributed by atoms with E-state index in [1.54, 1.807) is 0 Å². The fourth-order valence-electron chi connectivity index (χ4n) is 4.34. The number of methoxy groups -OCH3 is 1.